The summed E-state index contributed by atoms with van der Waals surface area (Å²) in [6.07, 6.45) is 15.0. The third-order valence-corrected chi connectivity index (χ3v) is 7.57. The van der Waals surface area contributed by atoms with E-state index in [1.807, 2.05) is 54.6 Å². The Labute approximate surface area is 220 Å². The minimum atomic E-state index is -0.953. The maximum Gasteiger partial charge on any atom is 0.339 e. The van der Waals surface area contributed by atoms with Gasteiger partial charge in [-0.3, -0.25) is 0 Å². The zero-order chi connectivity index (χ0) is 25.7. The van der Waals surface area contributed by atoms with Gasteiger partial charge >= 0.3 is 5.97 Å². The SMILES string of the molecule is CCCCCCOC1=CC2Oc3cc(OCCCCCC)ccc3C3(OC(=O)c4ccccc43)C2C=C1. The lowest BCUT2D eigenvalue weighted by Crippen LogP contribution is -2.48. The van der Waals surface area contributed by atoms with Gasteiger partial charge in [-0.15, -0.1) is 0 Å². The number of hydrogen-bond acceptors (Lipinski definition) is 5. The molecule has 196 valence electrons. The Bertz CT molecular complexity index is 1170. The quantitative estimate of drug-likeness (QED) is 0.222. The normalized spacial score (nSPS) is 23.0. The molecule has 3 atom stereocenters. The molecule has 5 rings (SSSR count). The number of carbonyl (C=O) groups is 1. The van der Waals surface area contributed by atoms with Gasteiger partial charge in [0.1, 0.15) is 23.4 Å². The number of fused-ring (bicyclic) bond motifs is 6. The molecular formula is C32H38O5. The molecule has 0 bridgehead atoms. The van der Waals surface area contributed by atoms with Crippen molar-refractivity contribution in [3.05, 3.63) is 83.1 Å². The smallest absolute Gasteiger partial charge is 0.339 e. The highest BCUT2D eigenvalue weighted by Crippen LogP contribution is 2.56. The second kappa shape index (κ2) is 11.5. The van der Waals surface area contributed by atoms with Crippen LogP contribution in [0.25, 0.3) is 0 Å². The summed E-state index contributed by atoms with van der Waals surface area (Å²) in [6.45, 7) is 5.77. The molecule has 0 aromatic heterocycles. The van der Waals surface area contributed by atoms with E-state index in [-0.39, 0.29) is 18.0 Å². The van der Waals surface area contributed by atoms with E-state index >= 15 is 0 Å². The van der Waals surface area contributed by atoms with Gasteiger partial charge in [-0.25, -0.2) is 4.79 Å². The van der Waals surface area contributed by atoms with Crippen molar-refractivity contribution in [2.75, 3.05) is 13.2 Å². The molecule has 2 aliphatic heterocycles. The number of ether oxygens (including phenoxy) is 4. The first-order valence-electron chi connectivity index (χ1n) is 14.0. The van der Waals surface area contributed by atoms with E-state index < -0.39 is 5.60 Å². The van der Waals surface area contributed by atoms with Gasteiger partial charge in [-0.2, -0.15) is 0 Å². The Balaban J connectivity index is 1.44. The maximum atomic E-state index is 13.1. The van der Waals surface area contributed by atoms with Crippen molar-refractivity contribution in [1.29, 1.82) is 0 Å². The van der Waals surface area contributed by atoms with Gasteiger partial charge in [0.25, 0.3) is 0 Å². The first kappa shape index (κ1) is 25.4. The molecule has 0 fully saturated rings. The molecule has 1 spiro atoms. The van der Waals surface area contributed by atoms with Crippen LogP contribution in [0.15, 0.2) is 66.5 Å². The molecule has 2 aromatic rings. The van der Waals surface area contributed by atoms with Gasteiger partial charge in [-0.05, 0) is 43.2 Å². The van der Waals surface area contributed by atoms with Gasteiger partial charge in [-0.1, -0.05) is 76.6 Å². The van der Waals surface area contributed by atoms with Crippen LogP contribution in [-0.2, 0) is 15.1 Å². The number of rotatable bonds is 12. The highest BCUT2D eigenvalue weighted by molar-refractivity contribution is 5.96. The van der Waals surface area contributed by atoms with E-state index in [1.54, 1.807) is 0 Å². The summed E-state index contributed by atoms with van der Waals surface area (Å²) < 4.78 is 25.0. The number of allylic oxidation sites excluding steroid dienone is 1. The van der Waals surface area contributed by atoms with E-state index in [2.05, 4.69) is 19.9 Å². The maximum absolute atomic E-state index is 13.1. The number of esters is 1. The Morgan fingerprint density at radius 2 is 1.62 bits per heavy atom. The van der Waals surface area contributed by atoms with Crippen LogP contribution in [0.2, 0.25) is 0 Å². The topological polar surface area (TPSA) is 54.0 Å². The van der Waals surface area contributed by atoms with Crippen molar-refractivity contribution in [3.8, 4) is 11.5 Å². The number of carbonyl (C=O) groups excluding carboxylic acids is 1. The van der Waals surface area contributed by atoms with Crippen molar-refractivity contribution >= 4 is 5.97 Å². The number of hydrogen-bond donors (Lipinski definition) is 0. The average Bonchev–Trinajstić information content (AvgIpc) is 3.21. The third-order valence-electron chi connectivity index (χ3n) is 7.57. The molecule has 0 saturated heterocycles. The minimum Gasteiger partial charge on any atom is -0.494 e. The van der Waals surface area contributed by atoms with E-state index in [4.69, 9.17) is 18.9 Å². The molecule has 0 radical (unpaired) electrons. The van der Waals surface area contributed by atoms with Crippen LogP contribution in [0, 0.1) is 5.92 Å². The Morgan fingerprint density at radius 3 is 2.41 bits per heavy atom. The van der Waals surface area contributed by atoms with Crippen LogP contribution in [0.4, 0.5) is 0 Å². The summed E-state index contributed by atoms with van der Waals surface area (Å²) in [6, 6.07) is 13.6. The third kappa shape index (κ3) is 5.01. The monoisotopic (exact) mass is 502 g/mol. The van der Waals surface area contributed by atoms with Gasteiger partial charge in [0.05, 0.1) is 24.7 Å². The van der Waals surface area contributed by atoms with E-state index in [1.165, 1.54) is 32.1 Å². The van der Waals surface area contributed by atoms with Crippen LogP contribution >= 0.6 is 0 Å². The summed E-state index contributed by atoms with van der Waals surface area (Å²) in [7, 11) is 0. The molecule has 5 nitrogen and oxygen atoms in total. The summed E-state index contributed by atoms with van der Waals surface area (Å²) in [5.74, 6) is 1.75. The summed E-state index contributed by atoms with van der Waals surface area (Å²) >= 11 is 0. The molecule has 0 saturated carbocycles. The molecule has 3 aliphatic rings. The van der Waals surface area contributed by atoms with Gasteiger partial charge in [0.15, 0.2) is 5.60 Å². The van der Waals surface area contributed by atoms with Gasteiger partial charge in [0, 0.05) is 17.2 Å². The van der Waals surface area contributed by atoms with Crippen LogP contribution in [0.1, 0.15) is 86.7 Å². The molecular weight excluding hydrogens is 464 g/mol. The Morgan fingerprint density at radius 1 is 0.865 bits per heavy atom. The van der Waals surface area contributed by atoms with Crippen molar-refractivity contribution in [2.45, 2.75) is 76.9 Å². The first-order valence-corrected chi connectivity index (χ1v) is 14.0. The number of unbranched alkanes of at least 4 members (excludes halogenated alkanes) is 6. The Kier molecular flexibility index (Phi) is 7.87. The highest BCUT2D eigenvalue weighted by atomic mass is 16.6. The first-order chi connectivity index (χ1) is 18.2. The summed E-state index contributed by atoms with van der Waals surface area (Å²) in [5, 5.41) is 0. The van der Waals surface area contributed by atoms with Crippen LogP contribution in [-0.4, -0.2) is 25.3 Å². The summed E-state index contributed by atoms with van der Waals surface area (Å²) in [5.41, 5.74) is 1.40. The lowest BCUT2D eigenvalue weighted by molar-refractivity contribution is -0.0427. The second-order valence-electron chi connectivity index (χ2n) is 10.2. The minimum absolute atomic E-state index is 0.208. The number of benzene rings is 2. The predicted molar refractivity (Wildman–Crippen MR) is 144 cm³/mol. The standard InChI is InChI=1S/C32H38O5/c1-3-5-7-11-19-34-23-15-17-27-29(21-23)36-30-22-24(35-20-12-8-6-4-2)16-18-28(30)32(27)26-14-10-9-13-25(26)31(33)37-32/h9-10,13-18,21-22,27,29H,3-8,11-12,19-20H2,1-2H3. The zero-order valence-electron chi connectivity index (χ0n) is 22.0. The van der Waals surface area contributed by atoms with Crippen LogP contribution in [0.5, 0.6) is 11.5 Å². The summed E-state index contributed by atoms with van der Waals surface area (Å²) in [4.78, 5) is 13.1. The lowest BCUT2D eigenvalue weighted by atomic mass is 9.70. The fourth-order valence-electron chi connectivity index (χ4n) is 5.65. The van der Waals surface area contributed by atoms with Crippen LogP contribution < -0.4 is 9.47 Å². The molecule has 2 aromatic carbocycles. The van der Waals surface area contributed by atoms with Crippen LogP contribution in [0.3, 0.4) is 0 Å². The molecule has 2 heterocycles. The second-order valence-corrected chi connectivity index (χ2v) is 10.2. The van der Waals surface area contributed by atoms with Crippen molar-refractivity contribution < 1.29 is 23.7 Å². The van der Waals surface area contributed by atoms with Gasteiger partial charge < -0.3 is 18.9 Å². The largest absolute Gasteiger partial charge is 0.494 e. The molecule has 0 N–H and O–H groups in total. The van der Waals surface area contributed by atoms with Gasteiger partial charge in [0.2, 0.25) is 0 Å². The van der Waals surface area contributed by atoms with E-state index in [0.29, 0.717) is 24.5 Å². The van der Waals surface area contributed by atoms with Crippen molar-refractivity contribution in [3.63, 3.8) is 0 Å². The van der Waals surface area contributed by atoms with E-state index in [9.17, 15) is 4.79 Å². The lowest BCUT2D eigenvalue weighted by Gasteiger charge is -2.45. The predicted octanol–water partition coefficient (Wildman–Crippen LogP) is 7.49. The molecule has 1 aliphatic carbocycles. The van der Waals surface area contributed by atoms with E-state index in [0.717, 1.165) is 41.9 Å². The van der Waals surface area contributed by atoms with Crippen molar-refractivity contribution in [2.24, 2.45) is 5.92 Å². The molecule has 37 heavy (non-hydrogen) atoms. The molecule has 5 heteroatoms. The molecule has 3 unspecified atom stereocenters. The fraction of sp³-hybridized carbons (Fsp3) is 0.469. The Hall–Kier alpha value is -3.21. The fourth-order valence-corrected chi connectivity index (χ4v) is 5.65. The van der Waals surface area contributed by atoms with Crippen molar-refractivity contribution in [1.82, 2.24) is 0 Å². The average molecular weight is 503 g/mol. The highest BCUT2D eigenvalue weighted by Gasteiger charge is 2.58. The molecule has 0 amide bonds. The zero-order valence-corrected chi connectivity index (χ0v) is 22.0.